The van der Waals surface area contributed by atoms with Gasteiger partial charge in [0.05, 0.1) is 32.2 Å². The number of hydrogen-bond donors (Lipinski definition) is 8. The first-order valence-corrected chi connectivity index (χ1v) is 11.3. The number of aromatic amines is 1. The van der Waals surface area contributed by atoms with Gasteiger partial charge in [-0.1, -0.05) is 0 Å². The molecule has 2 saturated heterocycles. The van der Waals surface area contributed by atoms with E-state index in [4.69, 9.17) is 19.7 Å². The molecular formula is C20H24N8O10. The molecule has 6 rings (SSSR count). The fourth-order valence-corrected chi connectivity index (χ4v) is 4.31. The highest BCUT2D eigenvalue weighted by Gasteiger charge is 2.45. The van der Waals surface area contributed by atoms with E-state index >= 15 is 0 Å². The fraction of sp³-hybridized carbons (Fsp3) is 0.500. The van der Waals surface area contributed by atoms with E-state index in [1.54, 1.807) is 0 Å². The number of nitrogens with zero attached hydrogens (tertiary/aromatic N) is 7. The molecule has 0 aromatic carbocycles. The zero-order valence-electron chi connectivity index (χ0n) is 19.3. The smallest absolute Gasteiger partial charge is 0.300 e. The first kappa shape index (κ1) is 26.0. The SMILES string of the molecule is O=c1nc[nH]c2c1ncn2[C@@H]1O[C@H](CO)[C@@H](O)[C@H]1O.OC[C@H]1O[C@@H](n2cnc3c(O)ncnc32)[C@H](O)[C@@H]1O. The van der Waals surface area contributed by atoms with Crippen LogP contribution in [0.15, 0.2) is 30.1 Å². The number of aliphatic hydroxyl groups is 6. The Balaban J connectivity index is 0.000000155. The molecule has 0 amide bonds. The third-order valence-electron chi connectivity index (χ3n) is 6.30. The number of rotatable bonds is 4. The molecule has 18 heteroatoms. The lowest BCUT2D eigenvalue weighted by Gasteiger charge is -2.16. The van der Waals surface area contributed by atoms with Gasteiger partial charge in [0.15, 0.2) is 29.1 Å². The average Bonchev–Trinajstić information content (AvgIpc) is 3.67. The molecule has 204 valence electrons. The van der Waals surface area contributed by atoms with E-state index in [-0.39, 0.29) is 22.6 Å². The lowest BCUT2D eigenvalue weighted by atomic mass is 10.1. The minimum Gasteiger partial charge on any atom is -0.492 e. The predicted octanol–water partition coefficient (Wildman–Crippen LogP) is -4.13. The van der Waals surface area contributed by atoms with Gasteiger partial charge in [0.25, 0.3) is 0 Å². The molecule has 38 heavy (non-hydrogen) atoms. The van der Waals surface area contributed by atoms with Gasteiger partial charge in [0.1, 0.15) is 48.6 Å². The van der Waals surface area contributed by atoms with E-state index < -0.39 is 67.9 Å². The third kappa shape index (κ3) is 4.27. The van der Waals surface area contributed by atoms with Gasteiger partial charge >= 0.3 is 5.56 Å². The number of hydrogen-bond acceptors (Lipinski definition) is 15. The summed E-state index contributed by atoms with van der Waals surface area (Å²) in [6.07, 6.45) is -3.52. The van der Waals surface area contributed by atoms with Gasteiger partial charge in [-0.25, -0.2) is 15.0 Å². The highest BCUT2D eigenvalue weighted by atomic mass is 16.6. The van der Waals surface area contributed by atoms with Gasteiger partial charge in [-0.05, 0) is 0 Å². The molecule has 0 unspecified atom stereocenters. The van der Waals surface area contributed by atoms with Crippen molar-refractivity contribution < 1.29 is 45.2 Å². The molecule has 8 N–H and O–H groups in total. The van der Waals surface area contributed by atoms with Gasteiger partial charge in [-0.15, -0.1) is 0 Å². The molecular weight excluding hydrogens is 512 g/mol. The van der Waals surface area contributed by atoms with Crippen LogP contribution in [-0.4, -0.2) is 125 Å². The number of H-pyrrole nitrogens is 1. The van der Waals surface area contributed by atoms with Gasteiger partial charge in [0.2, 0.25) is 5.88 Å². The Morgan fingerprint density at radius 1 is 0.789 bits per heavy atom. The van der Waals surface area contributed by atoms with Crippen molar-refractivity contribution in [3.63, 3.8) is 0 Å². The van der Waals surface area contributed by atoms with Crippen molar-refractivity contribution in [3.05, 3.63) is 35.7 Å². The lowest BCUT2D eigenvalue weighted by molar-refractivity contribution is -0.0511. The standard InChI is InChI=1S/2C10H12N4O5/c2*15-1-4-6(16)7(17)10(19-4)14-3-13-5-8(14)11-2-12-9(5)18/h2*2-4,6-7,10,15-17H,1H2,(H,11,12,18)/t2*4-,6-,7-,10-/m11/s1. The van der Waals surface area contributed by atoms with Crippen LogP contribution in [0.5, 0.6) is 5.88 Å². The van der Waals surface area contributed by atoms with Crippen LogP contribution < -0.4 is 5.56 Å². The lowest BCUT2D eigenvalue weighted by Crippen LogP contribution is -2.33. The van der Waals surface area contributed by atoms with Crippen molar-refractivity contribution >= 4 is 22.3 Å². The summed E-state index contributed by atoms with van der Waals surface area (Å²) in [7, 11) is 0. The number of ether oxygens (including phenoxy) is 2. The zero-order chi connectivity index (χ0) is 27.1. The first-order valence-electron chi connectivity index (χ1n) is 11.3. The number of aromatic nitrogens is 8. The van der Waals surface area contributed by atoms with Crippen LogP contribution in [0.2, 0.25) is 0 Å². The molecule has 2 fully saturated rings. The molecule has 4 aromatic heterocycles. The van der Waals surface area contributed by atoms with E-state index in [2.05, 4.69) is 29.9 Å². The van der Waals surface area contributed by atoms with E-state index in [0.29, 0.717) is 5.65 Å². The van der Waals surface area contributed by atoms with Crippen molar-refractivity contribution in [1.82, 2.24) is 39.0 Å². The molecule has 0 bridgehead atoms. The molecule has 6 heterocycles. The van der Waals surface area contributed by atoms with Crippen molar-refractivity contribution in [2.45, 2.75) is 49.1 Å². The summed E-state index contributed by atoms with van der Waals surface area (Å²) in [5, 5.41) is 66.8. The Kier molecular flexibility index (Phi) is 7.03. The molecule has 8 atom stereocenters. The van der Waals surface area contributed by atoms with E-state index in [1.165, 1.54) is 28.1 Å². The van der Waals surface area contributed by atoms with Gasteiger partial charge in [0, 0.05) is 0 Å². The summed E-state index contributed by atoms with van der Waals surface area (Å²) in [5.41, 5.74) is 0.372. The van der Waals surface area contributed by atoms with Gasteiger partial charge < -0.3 is 50.2 Å². The van der Waals surface area contributed by atoms with Crippen LogP contribution in [0.4, 0.5) is 0 Å². The Hall–Kier alpha value is -3.62. The third-order valence-corrected chi connectivity index (χ3v) is 6.30. The summed E-state index contributed by atoms with van der Waals surface area (Å²) < 4.78 is 13.5. The van der Waals surface area contributed by atoms with Crippen LogP contribution in [0.1, 0.15) is 12.5 Å². The van der Waals surface area contributed by atoms with E-state index in [1.807, 2.05) is 0 Å². The van der Waals surface area contributed by atoms with Crippen LogP contribution >= 0.6 is 0 Å². The molecule has 0 aliphatic carbocycles. The number of nitrogens with one attached hydrogen (secondary N) is 1. The second kappa shape index (κ2) is 10.3. The monoisotopic (exact) mass is 536 g/mol. The Bertz CT molecular complexity index is 1480. The van der Waals surface area contributed by atoms with E-state index in [0.717, 1.165) is 6.33 Å². The number of aliphatic hydroxyl groups excluding tert-OH is 6. The van der Waals surface area contributed by atoms with Crippen molar-refractivity contribution in [3.8, 4) is 5.88 Å². The highest BCUT2D eigenvalue weighted by Crippen LogP contribution is 2.32. The van der Waals surface area contributed by atoms with Crippen LogP contribution in [0.3, 0.4) is 0 Å². The van der Waals surface area contributed by atoms with Crippen molar-refractivity contribution in [2.75, 3.05) is 13.2 Å². The van der Waals surface area contributed by atoms with Gasteiger partial charge in [-0.3, -0.25) is 13.9 Å². The van der Waals surface area contributed by atoms with Crippen LogP contribution in [-0.2, 0) is 9.47 Å². The quantitative estimate of drug-likeness (QED) is 0.123. The Morgan fingerprint density at radius 3 is 1.97 bits per heavy atom. The predicted molar refractivity (Wildman–Crippen MR) is 121 cm³/mol. The molecule has 2 aliphatic rings. The molecule has 0 saturated carbocycles. The van der Waals surface area contributed by atoms with Crippen LogP contribution in [0.25, 0.3) is 22.3 Å². The summed E-state index contributed by atoms with van der Waals surface area (Å²) in [5.74, 6) is -0.282. The topological polar surface area (TPSA) is 267 Å². The molecule has 18 nitrogen and oxygen atoms in total. The maximum atomic E-state index is 11.5. The molecule has 0 radical (unpaired) electrons. The molecule has 4 aromatic rings. The van der Waals surface area contributed by atoms with Gasteiger partial charge in [-0.2, -0.15) is 9.97 Å². The second-order valence-corrected chi connectivity index (χ2v) is 8.54. The summed E-state index contributed by atoms with van der Waals surface area (Å²) >= 11 is 0. The number of fused-ring (bicyclic) bond motifs is 2. The Labute approximate surface area is 211 Å². The minimum absolute atomic E-state index is 0.111. The number of imidazole rings is 2. The summed E-state index contributed by atoms with van der Waals surface area (Å²) in [4.78, 5) is 33.1. The van der Waals surface area contributed by atoms with Crippen molar-refractivity contribution in [1.29, 1.82) is 0 Å². The minimum atomic E-state index is -1.23. The number of aromatic hydroxyl groups is 1. The van der Waals surface area contributed by atoms with Crippen LogP contribution in [0, 0.1) is 0 Å². The second-order valence-electron chi connectivity index (χ2n) is 8.54. The Morgan fingerprint density at radius 2 is 1.37 bits per heavy atom. The van der Waals surface area contributed by atoms with E-state index in [9.17, 15) is 30.3 Å². The first-order chi connectivity index (χ1) is 18.3. The maximum Gasteiger partial charge on any atom is 0.300 e. The summed E-state index contributed by atoms with van der Waals surface area (Å²) in [6.45, 7) is -0.832. The largest absolute Gasteiger partial charge is 0.492 e. The molecule has 0 spiro atoms. The maximum absolute atomic E-state index is 11.5. The average molecular weight is 536 g/mol. The normalized spacial score (nSPS) is 31.1. The molecule has 2 aliphatic heterocycles. The highest BCUT2D eigenvalue weighted by molar-refractivity contribution is 5.75. The fourth-order valence-electron chi connectivity index (χ4n) is 4.31. The summed E-state index contributed by atoms with van der Waals surface area (Å²) in [6, 6.07) is 0. The van der Waals surface area contributed by atoms with Crippen molar-refractivity contribution in [2.24, 2.45) is 0 Å². The zero-order valence-corrected chi connectivity index (χ0v) is 19.3.